The van der Waals surface area contributed by atoms with Gasteiger partial charge in [-0.25, -0.2) is 0 Å². The van der Waals surface area contributed by atoms with E-state index in [1.165, 1.54) is 186 Å². The molecule has 0 spiro atoms. The van der Waals surface area contributed by atoms with Gasteiger partial charge in [0.1, 0.15) is 18.3 Å². The lowest BCUT2D eigenvalue weighted by Gasteiger charge is -2.36. The molecule has 1 rings (SSSR count). The normalized spacial score (nSPS) is 20.0. The van der Waals surface area contributed by atoms with E-state index >= 15 is 0 Å². The molecule has 58 heavy (non-hydrogen) atoms. The molecule has 0 aliphatic heterocycles. The van der Waals surface area contributed by atoms with E-state index in [0.717, 1.165) is 38.5 Å². The molecular formula is C50H99NO7. The third-order valence-corrected chi connectivity index (χ3v) is 12.9. The number of ether oxygens (including phenoxy) is 1. The molecule has 1 aliphatic carbocycles. The van der Waals surface area contributed by atoms with Gasteiger partial charge >= 0.3 is 0 Å². The van der Waals surface area contributed by atoms with Crippen molar-refractivity contribution < 1.29 is 35.1 Å². The van der Waals surface area contributed by atoms with Gasteiger partial charge in [-0.1, -0.05) is 232 Å². The summed E-state index contributed by atoms with van der Waals surface area (Å²) in [6.45, 7) is 4.45. The number of carbonyl (C=O) groups is 1. The predicted molar refractivity (Wildman–Crippen MR) is 243 cm³/mol. The van der Waals surface area contributed by atoms with E-state index in [4.69, 9.17) is 4.74 Å². The molecule has 0 saturated heterocycles. The quantitative estimate of drug-likeness (QED) is 0.0336. The molecule has 1 saturated carbocycles. The maximum Gasteiger partial charge on any atom is 0.220 e. The number of aliphatic hydroxyl groups excluding tert-OH is 5. The van der Waals surface area contributed by atoms with Gasteiger partial charge in [-0.15, -0.1) is 0 Å². The smallest absolute Gasteiger partial charge is 0.220 e. The van der Waals surface area contributed by atoms with Crippen LogP contribution in [0.5, 0.6) is 0 Å². The number of hydrogen-bond acceptors (Lipinski definition) is 7. The second-order valence-electron chi connectivity index (χ2n) is 18.4. The monoisotopic (exact) mass is 826 g/mol. The first-order valence-electron chi connectivity index (χ1n) is 25.6. The molecule has 0 heterocycles. The molecule has 8 heteroatoms. The lowest BCUT2D eigenvalue weighted by Crippen LogP contribution is -2.54. The third kappa shape index (κ3) is 31.1. The molecule has 0 bridgehead atoms. The summed E-state index contributed by atoms with van der Waals surface area (Å²) in [4.78, 5) is 13.0. The van der Waals surface area contributed by atoms with Crippen LogP contribution in [-0.2, 0) is 9.53 Å². The van der Waals surface area contributed by atoms with E-state index in [9.17, 15) is 30.3 Å². The van der Waals surface area contributed by atoms with Crippen molar-refractivity contribution in [3.05, 3.63) is 0 Å². The zero-order valence-electron chi connectivity index (χ0n) is 38.4. The predicted octanol–water partition coefficient (Wildman–Crippen LogP) is 11.9. The van der Waals surface area contributed by atoms with Crippen molar-refractivity contribution in [3.8, 4) is 0 Å². The van der Waals surface area contributed by atoms with Gasteiger partial charge in [-0.3, -0.25) is 4.79 Å². The van der Waals surface area contributed by atoms with Crippen LogP contribution >= 0.6 is 0 Å². The van der Waals surface area contributed by atoms with E-state index in [1.54, 1.807) is 0 Å². The molecule has 7 atom stereocenters. The summed E-state index contributed by atoms with van der Waals surface area (Å²) < 4.78 is 5.91. The van der Waals surface area contributed by atoms with Gasteiger partial charge in [0.05, 0.1) is 31.0 Å². The molecule has 0 radical (unpaired) electrons. The third-order valence-electron chi connectivity index (χ3n) is 12.9. The summed E-state index contributed by atoms with van der Waals surface area (Å²) in [5.41, 5.74) is 0. The van der Waals surface area contributed by atoms with Crippen molar-refractivity contribution in [3.63, 3.8) is 0 Å². The van der Waals surface area contributed by atoms with Crippen molar-refractivity contribution in [2.75, 3.05) is 6.61 Å². The number of unbranched alkanes of at least 4 members (excludes halogenated alkanes) is 33. The fraction of sp³-hybridized carbons (Fsp3) is 0.980. The van der Waals surface area contributed by atoms with Gasteiger partial charge in [0.2, 0.25) is 5.91 Å². The van der Waals surface area contributed by atoms with Crippen LogP contribution in [0.15, 0.2) is 0 Å². The van der Waals surface area contributed by atoms with Crippen LogP contribution in [0.4, 0.5) is 0 Å². The van der Waals surface area contributed by atoms with Gasteiger partial charge in [-0.05, 0) is 25.7 Å². The first kappa shape index (κ1) is 55.2. The summed E-state index contributed by atoms with van der Waals surface area (Å²) in [5.74, 6) is -0.173. The first-order valence-corrected chi connectivity index (χ1v) is 25.6. The summed E-state index contributed by atoms with van der Waals surface area (Å²) in [6, 6.07) is -0.833. The van der Waals surface area contributed by atoms with Crippen molar-refractivity contribution in [2.45, 2.75) is 307 Å². The number of nitrogens with one attached hydrogen (secondary N) is 1. The second kappa shape index (κ2) is 40.3. The lowest BCUT2D eigenvalue weighted by atomic mass is 9.89. The molecule has 0 unspecified atom stereocenters. The highest BCUT2D eigenvalue weighted by atomic mass is 16.5. The van der Waals surface area contributed by atoms with Crippen LogP contribution in [0.25, 0.3) is 0 Å². The molecule has 1 aliphatic rings. The lowest BCUT2D eigenvalue weighted by molar-refractivity contribution is -0.160. The van der Waals surface area contributed by atoms with Gasteiger partial charge in [0.25, 0.3) is 0 Å². The maximum atomic E-state index is 13.0. The Morgan fingerprint density at radius 1 is 0.500 bits per heavy atom. The van der Waals surface area contributed by atoms with Crippen LogP contribution in [0, 0.1) is 0 Å². The largest absolute Gasteiger partial charge is 0.390 e. The molecule has 346 valence electrons. The number of carbonyl (C=O) groups excluding carboxylic acids is 1. The van der Waals surface area contributed by atoms with Gasteiger partial charge in [0.15, 0.2) is 0 Å². The van der Waals surface area contributed by atoms with Crippen LogP contribution in [0.3, 0.4) is 0 Å². The van der Waals surface area contributed by atoms with Crippen molar-refractivity contribution >= 4 is 5.91 Å². The van der Waals surface area contributed by atoms with Crippen molar-refractivity contribution in [1.29, 1.82) is 0 Å². The molecule has 1 amide bonds. The highest BCUT2D eigenvalue weighted by Crippen LogP contribution is 2.24. The average molecular weight is 826 g/mol. The van der Waals surface area contributed by atoms with Crippen LogP contribution in [0.1, 0.15) is 264 Å². The van der Waals surface area contributed by atoms with E-state index in [2.05, 4.69) is 19.2 Å². The number of amides is 1. The zero-order chi connectivity index (χ0) is 42.3. The average Bonchev–Trinajstić information content (AvgIpc) is 3.22. The summed E-state index contributed by atoms with van der Waals surface area (Å²) in [5, 5.41) is 55.5. The summed E-state index contributed by atoms with van der Waals surface area (Å²) in [6.07, 6.45) is 40.2. The molecule has 0 aromatic carbocycles. The van der Waals surface area contributed by atoms with Gasteiger partial charge < -0.3 is 35.6 Å². The minimum absolute atomic E-state index is 0.0909. The molecule has 0 aromatic heterocycles. The summed E-state index contributed by atoms with van der Waals surface area (Å²) in [7, 11) is 0. The Hall–Kier alpha value is -0.770. The van der Waals surface area contributed by atoms with E-state index in [-0.39, 0.29) is 12.5 Å². The molecule has 1 fully saturated rings. The van der Waals surface area contributed by atoms with E-state index in [1.807, 2.05) is 0 Å². The number of aliphatic hydroxyl groups is 5. The van der Waals surface area contributed by atoms with E-state index < -0.39 is 42.7 Å². The minimum Gasteiger partial charge on any atom is -0.390 e. The van der Waals surface area contributed by atoms with E-state index in [0.29, 0.717) is 25.7 Å². The Bertz CT molecular complexity index is 877. The maximum absolute atomic E-state index is 13.0. The second-order valence-corrected chi connectivity index (χ2v) is 18.4. The molecular weight excluding hydrogens is 727 g/mol. The minimum atomic E-state index is -1.30. The standard InChI is InChI=1S/C50H99NO7/c1-3-5-7-9-11-13-15-17-18-19-20-21-22-23-24-25-26-27-29-31-33-35-37-39-47(54)51-43(42-58-46-41-40-45(53)49(56)50(46)57)48(55)44(52)38-36-34-32-30-28-16-14-12-10-8-6-4-2/h43-46,48-50,52-53,55-57H,3-42H2,1-2H3,(H,51,54)/t43-,44+,45+,46+,48-,49+,50+/m1/s1. The fourth-order valence-corrected chi connectivity index (χ4v) is 8.74. The van der Waals surface area contributed by atoms with Crippen molar-refractivity contribution in [1.82, 2.24) is 5.32 Å². The van der Waals surface area contributed by atoms with Crippen LogP contribution in [-0.4, -0.2) is 80.7 Å². The topological polar surface area (TPSA) is 139 Å². The van der Waals surface area contributed by atoms with Gasteiger partial charge in [-0.2, -0.15) is 0 Å². The highest BCUT2D eigenvalue weighted by molar-refractivity contribution is 5.76. The summed E-state index contributed by atoms with van der Waals surface area (Å²) >= 11 is 0. The Kier molecular flexibility index (Phi) is 38.4. The molecule has 8 nitrogen and oxygen atoms in total. The first-order chi connectivity index (χ1) is 28.3. The van der Waals surface area contributed by atoms with Crippen LogP contribution < -0.4 is 5.32 Å². The zero-order valence-corrected chi connectivity index (χ0v) is 38.4. The molecule has 6 N–H and O–H groups in total. The number of rotatable bonds is 43. The van der Waals surface area contributed by atoms with Crippen LogP contribution in [0.2, 0.25) is 0 Å². The highest BCUT2D eigenvalue weighted by Gasteiger charge is 2.38. The Balaban J connectivity index is 2.19. The number of hydrogen-bond donors (Lipinski definition) is 6. The SMILES string of the molecule is CCCCCCCCCCCCCCCCCCCCCCCCCC(=O)N[C@H](CO[C@H]1CC[C@H](O)[C@H](O)[C@H]1O)[C@@H](O)[C@@H](O)CCCCCCCCCCCCCC. The Labute approximate surface area is 358 Å². The van der Waals surface area contributed by atoms with Crippen molar-refractivity contribution in [2.24, 2.45) is 0 Å². The van der Waals surface area contributed by atoms with Gasteiger partial charge in [0, 0.05) is 6.42 Å². The fourth-order valence-electron chi connectivity index (χ4n) is 8.74. The Morgan fingerprint density at radius 3 is 1.22 bits per heavy atom. The Morgan fingerprint density at radius 2 is 0.845 bits per heavy atom. The molecule has 0 aromatic rings.